The minimum atomic E-state index is 0. The van der Waals surface area contributed by atoms with Crippen molar-refractivity contribution < 1.29 is 38.9 Å². The fourth-order valence-corrected chi connectivity index (χ4v) is 0. The van der Waals surface area contributed by atoms with Gasteiger partial charge in [0.15, 0.2) is 0 Å². The minimum absolute atomic E-state index is 0. The molecule has 2 heteroatoms. The Kier molecular flexibility index (Phi) is 448. The van der Waals surface area contributed by atoms with E-state index in [0.29, 0.717) is 0 Å². The molecule has 4 heavy (non-hydrogen) atoms. The minimum Gasteiger partial charge on any atom is -0.0776 e. The molecule has 0 saturated heterocycles. The molecule has 0 heterocycles. The number of rotatable bonds is 0. The second kappa shape index (κ2) is 29.1. The van der Waals surface area contributed by atoms with E-state index in [2.05, 4.69) is 0 Å². The smallest absolute Gasteiger partial charge is 0 e. The molecule has 0 nitrogen and oxygen atoms in total. The molecule has 0 unspecified atom stereocenters. The first-order chi connectivity index (χ1) is 0. The van der Waals surface area contributed by atoms with Gasteiger partial charge in [-0.1, -0.05) is 7.43 Å². The summed E-state index contributed by atoms with van der Waals surface area (Å²) >= 11 is 0. The molecule has 5 radical (unpaired) electrons. The van der Waals surface area contributed by atoms with Crippen LogP contribution < -0.4 is 0 Å². The van der Waals surface area contributed by atoms with Crippen LogP contribution in [-0.4, -0.2) is 0 Å². The van der Waals surface area contributed by atoms with E-state index in [1.807, 2.05) is 0 Å². The third-order valence-corrected chi connectivity index (χ3v) is 0. The van der Waals surface area contributed by atoms with Crippen LogP contribution in [0.25, 0.3) is 0 Å². The zero-order valence-corrected chi connectivity index (χ0v) is 3.59. The molecule has 0 saturated carbocycles. The Morgan fingerprint density at radius 2 is 1.00 bits per heavy atom. The first-order valence-electron chi connectivity index (χ1n) is 0. The van der Waals surface area contributed by atoms with E-state index >= 15 is 0 Å². The molecule has 0 bridgehead atoms. The maximum atomic E-state index is 0. The molecule has 0 aliphatic heterocycles. The van der Waals surface area contributed by atoms with Crippen molar-refractivity contribution in [1.82, 2.24) is 0 Å². The van der Waals surface area contributed by atoms with Crippen LogP contribution in [0, 0.1) is 7.43 Å². The van der Waals surface area contributed by atoms with Crippen molar-refractivity contribution in [1.29, 1.82) is 0 Å². The largest absolute Gasteiger partial charge is 0.0776 e. The van der Waals surface area contributed by atoms with Gasteiger partial charge in [-0.2, -0.15) is 0 Å². The van der Waals surface area contributed by atoms with Crippen LogP contribution >= 0.6 is 0 Å². The van der Waals surface area contributed by atoms with Gasteiger partial charge in [-0.25, -0.2) is 0 Å². The van der Waals surface area contributed by atoms with E-state index in [4.69, 9.17) is 0 Å². The van der Waals surface area contributed by atoms with Crippen LogP contribution in [0.4, 0.5) is 0 Å². The van der Waals surface area contributed by atoms with E-state index in [0.717, 1.165) is 0 Å². The normalized spacial score (nSPS) is 0. The maximum Gasteiger partial charge on any atom is 0 e. The van der Waals surface area contributed by atoms with Crippen LogP contribution in [0.15, 0.2) is 0 Å². The average Bonchev–Trinajstić information content (AvgIpc) is 0. The summed E-state index contributed by atoms with van der Waals surface area (Å²) in [5.74, 6) is 0. The molecule has 0 fully saturated rings. The molecule has 33 valence electrons. The molecule has 0 aliphatic rings. The molecule has 0 N–H and O–H groups in total. The van der Waals surface area contributed by atoms with Crippen molar-refractivity contribution in [2.75, 3.05) is 0 Å². The van der Waals surface area contributed by atoms with Crippen LogP contribution in [0.3, 0.4) is 0 Å². The van der Waals surface area contributed by atoms with E-state index in [9.17, 15) is 0 Å². The third-order valence-electron chi connectivity index (χ3n) is 0. The predicted octanol–water partition coefficient (Wildman–Crippen LogP) is 0.712. The zero-order chi connectivity index (χ0) is 0. The van der Waals surface area contributed by atoms with E-state index < -0.39 is 0 Å². The molecule has 0 rings (SSSR count). The van der Waals surface area contributed by atoms with Gasteiger partial charge in [0.2, 0.25) is 0 Å². The quantitative estimate of drug-likeness (QED) is 0.499. The summed E-state index contributed by atoms with van der Waals surface area (Å²) < 4.78 is 0. The molecule has 0 aromatic heterocycles. The van der Waals surface area contributed by atoms with Crippen LogP contribution in [0.5, 0.6) is 0 Å². The number of hydrogen-bond donors (Lipinski definition) is 0. The Morgan fingerprint density at radius 1 is 1.00 bits per heavy atom. The maximum absolute atomic E-state index is 0. The number of hydrogen-bond acceptors (Lipinski definition) is 0. The molecule has 0 amide bonds. The van der Waals surface area contributed by atoms with E-state index in [-0.39, 0.29) is 53.7 Å². The Balaban J connectivity index is 0. The van der Waals surface area contributed by atoms with Gasteiger partial charge in [-0.05, 0) is 0 Å². The van der Waals surface area contributed by atoms with Crippen LogP contribution in [-0.2, 0) is 38.9 Å². The summed E-state index contributed by atoms with van der Waals surface area (Å²) in [4.78, 5) is 0. The molecule has 0 atom stereocenters. The van der Waals surface area contributed by atoms with Gasteiger partial charge in [0.25, 0.3) is 0 Å². The summed E-state index contributed by atoms with van der Waals surface area (Å²) in [6, 6.07) is 0. The molecule has 0 spiro atoms. The summed E-state index contributed by atoms with van der Waals surface area (Å²) in [7, 11) is 0. The summed E-state index contributed by atoms with van der Waals surface area (Å²) in [6.07, 6.45) is 0. The molecule has 0 aromatic rings. The SMILES string of the molecule is C.[Ag].[C].[Ni]. The monoisotopic (exact) mass is 193 g/mol. The Hall–Kier alpha value is 1.23. The van der Waals surface area contributed by atoms with Gasteiger partial charge in [-0.3, -0.25) is 0 Å². The molecule has 0 aromatic carbocycles. The molecule has 0 aliphatic carbocycles. The van der Waals surface area contributed by atoms with Crippen molar-refractivity contribution >= 4 is 0 Å². The van der Waals surface area contributed by atoms with Crippen molar-refractivity contribution in [3.8, 4) is 0 Å². The second-order valence-electron chi connectivity index (χ2n) is 0. The fourth-order valence-electron chi connectivity index (χ4n) is 0. The molecular formula is C2H4AgNi. The standard InChI is InChI=1S/CH4.C.Ag.Ni/h1H4;;;. The second-order valence-corrected chi connectivity index (χ2v) is 0. The third kappa shape index (κ3) is 10.6. The van der Waals surface area contributed by atoms with Gasteiger partial charge in [0, 0.05) is 46.3 Å². The Bertz CT molecular complexity index is 6.00. The topological polar surface area (TPSA) is 0 Å². The Labute approximate surface area is 53.8 Å². The van der Waals surface area contributed by atoms with Gasteiger partial charge >= 0.3 is 0 Å². The van der Waals surface area contributed by atoms with E-state index in [1.54, 1.807) is 0 Å². The fraction of sp³-hybridized carbons (Fsp3) is 0.500. The Morgan fingerprint density at radius 3 is 1.00 bits per heavy atom. The van der Waals surface area contributed by atoms with Gasteiger partial charge in [-0.15, -0.1) is 0 Å². The summed E-state index contributed by atoms with van der Waals surface area (Å²) in [6.45, 7) is 0. The first-order valence-corrected chi connectivity index (χ1v) is 0. The molecular weight excluding hydrogens is 191 g/mol. The summed E-state index contributed by atoms with van der Waals surface area (Å²) in [5, 5.41) is 0. The van der Waals surface area contributed by atoms with Crippen molar-refractivity contribution in [2.45, 2.75) is 7.43 Å². The van der Waals surface area contributed by atoms with Gasteiger partial charge in [0.1, 0.15) is 0 Å². The van der Waals surface area contributed by atoms with Gasteiger partial charge < -0.3 is 0 Å². The van der Waals surface area contributed by atoms with Crippen LogP contribution in [0.2, 0.25) is 0 Å². The van der Waals surface area contributed by atoms with Crippen LogP contribution in [0.1, 0.15) is 7.43 Å². The first kappa shape index (κ1) is 61.6. The van der Waals surface area contributed by atoms with Crippen molar-refractivity contribution in [3.63, 3.8) is 0 Å². The zero-order valence-electron chi connectivity index (χ0n) is 1.12. The summed E-state index contributed by atoms with van der Waals surface area (Å²) in [5.41, 5.74) is 0. The van der Waals surface area contributed by atoms with E-state index in [1.165, 1.54) is 0 Å². The van der Waals surface area contributed by atoms with Crippen molar-refractivity contribution in [2.24, 2.45) is 0 Å². The average molecular weight is 195 g/mol. The van der Waals surface area contributed by atoms with Crippen molar-refractivity contribution in [3.05, 3.63) is 7.43 Å². The predicted molar refractivity (Wildman–Crippen MR) is 9.97 cm³/mol. The van der Waals surface area contributed by atoms with Gasteiger partial charge in [0.05, 0.1) is 0 Å².